The van der Waals surface area contributed by atoms with Crippen LogP contribution in [0.25, 0.3) is 11.4 Å². The van der Waals surface area contributed by atoms with Gasteiger partial charge in [0.15, 0.2) is 5.82 Å². The van der Waals surface area contributed by atoms with E-state index in [9.17, 15) is 4.21 Å². The summed E-state index contributed by atoms with van der Waals surface area (Å²) < 4.78 is 11.2. The molecule has 0 aromatic carbocycles. The Morgan fingerprint density at radius 1 is 1.41 bits per heavy atom. The van der Waals surface area contributed by atoms with Crippen LogP contribution in [0.15, 0.2) is 30.6 Å². The lowest BCUT2D eigenvalue weighted by Gasteiger charge is -2.03. The maximum absolute atomic E-state index is 11.2. The standard InChI is InChI=1S/C11H10ClN3OS/c1-17(16)7-9-5-10(12)15-11(14-9)8-3-2-4-13-6-8/h2-6H,7H2,1H3. The van der Waals surface area contributed by atoms with Gasteiger partial charge in [-0.3, -0.25) is 9.19 Å². The monoisotopic (exact) mass is 267 g/mol. The average molecular weight is 268 g/mol. The molecule has 0 saturated carbocycles. The molecule has 17 heavy (non-hydrogen) atoms. The van der Waals surface area contributed by atoms with E-state index < -0.39 is 10.8 Å². The predicted molar refractivity (Wildman–Crippen MR) is 68.0 cm³/mol. The van der Waals surface area contributed by atoms with E-state index in [0.717, 1.165) is 5.56 Å². The van der Waals surface area contributed by atoms with Crippen molar-refractivity contribution in [3.8, 4) is 11.4 Å². The van der Waals surface area contributed by atoms with Crippen LogP contribution in [0.3, 0.4) is 0 Å². The van der Waals surface area contributed by atoms with E-state index in [1.54, 1.807) is 30.8 Å². The summed E-state index contributed by atoms with van der Waals surface area (Å²) >= 11 is 5.91. The van der Waals surface area contributed by atoms with Crippen LogP contribution in [0.4, 0.5) is 0 Å². The molecule has 1 atom stereocenters. The Labute approximate surface area is 107 Å². The third-order valence-electron chi connectivity index (χ3n) is 2.02. The minimum Gasteiger partial charge on any atom is -0.264 e. The first-order chi connectivity index (χ1) is 8.15. The van der Waals surface area contributed by atoms with Crippen molar-refractivity contribution < 1.29 is 4.21 Å². The molecule has 2 rings (SSSR count). The molecule has 0 aliphatic heterocycles. The third-order valence-corrected chi connectivity index (χ3v) is 2.91. The van der Waals surface area contributed by atoms with Gasteiger partial charge in [0.1, 0.15) is 5.15 Å². The van der Waals surface area contributed by atoms with Gasteiger partial charge < -0.3 is 0 Å². The quantitative estimate of drug-likeness (QED) is 0.799. The van der Waals surface area contributed by atoms with Crippen molar-refractivity contribution in [3.63, 3.8) is 0 Å². The molecule has 4 nitrogen and oxygen atoms in total. The Bertz CT molecular complexity index is 548. The summed E-state index contributed by atoms with van der Waals surface area (Å²) in [6.07, 6.45) is 4.97. The molecular formula is C11H10ClN3OS. The van der Waals surface area contributed by atoms with Gasteiger partial charge in [0.25, 0.3) is 0 Å². The zero-order valence-electron chi connectivity index (χ0n) is 9.13. The van der Waals surface area contributed by atoms with Gasteiger partial charge >= 0.3 is 0 Å². The second kappa shape index (κ2) is 5.33. The number of nitrogens with zero attached hydrogens (tertiary/aromatic N) is 3. The van der Waals surface area contributed by atoms with E-state index in [1.165, 1.54) is 0 Å². The number of halogens is 1. The lowest BCUT2D eigenvalue weighted by molar-refractivity contribution is 0.686. The zero-order valence-corrected chi connectivity index (χ0v) is 10.7. The highest BCUT2D eigenvalue weighted by Gasteiger charge is 2.07. The molecule has 0 aliphatic rings. The van der Waals surface area contributed by atoms with Crippen LogP contribution in [-0.2, 0) is 16.6 Å². The van der Waals surface area contributed by atoms with Gasteiger partial charge in [0, 0.05) is 35.0 Å². The summed E-state index contributed by atoms with van der Waals surface area (Å²) in [6.45, 7) is 0. The first-order valence-electron chi connectivity index (χ1n) is 4.89. The van der Waals surface area contributed by atoms with E-state index >= 15 is 0 Å². The molecule has 0 fully saturated rings. The molecular weight excluding hydrogens is 258 g/mol. The first kappa shape index (κ1) is 12.1. The minimum absolute atomic E-state index is 0.347. The molecule has 1 unspecified atom stereocenters. The first-order valence-corrected chi connectivity index (χ1v) is 6.99. The van der Waals surface area contributed by atoms with Crippen LogP contribution in [0.1, 0.15) is 5.69 Å². The summed E-state index contributed by atoms with van der Waals surface area (Å²) in [5, 5.41) is 0.347. The van der Waals surface area contributed by atoms with Gasteiger partial charge in [-0.25, -0.2) is 9.97 Å². The molecule has 0 spiro atoms. The number of hydrogen-bond donors (Lipinski definition) is 0. The van der Waals surface area contributed by atoms with E-state index in [-0.39, 0.29) is 0 Å². The summed E-state index contributed by atoms with van der Waals surface area (Å²) in [5.41, 5.74) is 1.46. The lowest BCUT2D eigenvalue weighted by atomic mass is 10.2. The lowest BCUT2D eigenvalue weighted by Crippen LogP contribution is -1.99. The molecule has 0 aliphatic carbocycles. The van der Waals surface area contributed by atoms with Crippen molar-refractivity contribution in [2.45, 2.75) is 5.75 Å². The van der Waals surface area contributed by atoms with Crippen molar-refractivity contribution in [2.24, 2.45) is 0 Å². The van der Waals surface area contributed by atoms with Gasteiger partial charge in [-0.2, -0.15) is 0 Å². The van der Waals surface area contributed by atoms with Crippen LogP contribution in [-0.4, -0.2) is 25.4 Å². The fraction of sp³-hybridized carbons (Fsp3) is 0.182. The van der Waals surface area contributed by atoms with Crippen LogP contribution < -0.4 is 0 Å². The highest BCUT2D eigenvalue weighted by atomic mass is 35.5. The molecule has 0 N–H and O–H groups in total. The smallest absolute Gasteiger partial charge is 0.162 e. The summed E-state index contributed by atoms with van der Waals surface area (Å²) in [4.78, 5) is 12.4. The van der Waals surface area contributed by atoms with Gasteiger partial charge in [-0.1, -0.05) is 11.6 Å². The number of hydrogen-bond acceptors (Lipinski definition) is 4. The molecule has 2 aromatic rings. The van der Waals surface area contributed by atoms with Gasteiger partial charge in [0.2, 0.25) is 0 Å². The van der Waals surface area contributed by atoms with Crippen molar-refractivity contribution >= 4 is 22.4 Å². The van der Waals surface area contributed by atoms with Crippen molar-refractivity contribution in [2.75, 3.05) is 6.26 Å². The second-order valence-corrected chi connectivity index (χ2v) is 5.29. The zero-order chi connectivity index (χ0) is 12.3. The van der Waals surface area contributed by atoms with Gasteiger partial charge in [-0.05, 0) is 18.2 Å². The van der Waals surface area contributed by atoms with E-state index in [2.05, 4.69) is 15.0 Å². The maximum atomic E-state index is 11.2. The normalized spacial score (nSPS) is 12.4. The molecule has 0 bridgehead atoms. The Hall–Kier alpha value is -1.33. The molecule has 2 heterocycles. The fourth-order valence-corrected chi connectivity index (χ4v) is 2.14. The van der Waals surface area contributed by atoms with Crippen LogP contribution >= 0.6 is 11.6 Å². The molecule has 2 aromatic heterocycles. The van der Waals surface area contributed by atoms with Crippen LogP contribution in [0.2, 0.25) is 5.15 Å². The van der Waals surface area contributed by atoms with Crippen molar-refractivity contribution in [1.82, 2.24) is 15.0 Å². The highest BCUT2D eigenvalue weighted by molar-refractivity contribution is 7.83. The Kier molecular flexibility index (Phi) is 3.81. The van der Waals surface area contributed by atoms with Crippen LogP contribution in [0.5, 0.6) is 0 Å². The SMILES string of the molecule is CS(=O)Cc1cc(Cl)nc(-c2cccnc2)n1. The molecule has 88 valence electrons. The second-order valence-electron chi connectivity index (χ2n) is 3.46. The van der Waals surface area contributed by atoms with Crippen LogP contribution in [0, 0.1) is 0 Å². The largest absolute Gasteiger partial charge is 0.264 e. The summed E-state index contributed by atoms with van der Waals surface area (Å²) in [7, 11) is -0.954. The third kappa shape index (κ3) is 3.31. The maximum Gasteiger partial charge on any atom is 0.162 e. The molecule has 0 radical (unpaired) electrons. The highest BCUT2D eigenvalue weighted by Crippen LogP contribution is 2.17. The molecule has 0 amide bonds. The molecule has 0 saturated heterocycles. The number of pyridine rings is 1. The average Bonchev–Trinajstić information content (AvgIpc) is 2.28. The summed E-state index contributed by atoms with van der Waals surface area (Å²) in [5.74, 6) is 0.876. The minimum atomic E-state index is -0.954. The van der Waals surface area contributed by atoms with E-state index in [0.29, 0.717) is 22.4 Å². The summed E-state index contributed by atoms with van der Waals surface area (Å²) in [6, 6.07) is 5.28. The number of aromatic nitrogens is 3. The van der Waals surface area contributed by atoms with E-state index in [4.69, 9.17) is 11.6 Å². The Balaban J connectivity index is 2.42. The number of rotatable bonds is 3. The Morgan fingerprint density at radius 3 is 2.88 bits per heavy atom. The predicted octanol–water partition coefficient (Wildman–Crippen LogP) is 2.07. The fourth-order valence-electron chi connectivity index (χ4n) is 1.37. The topological polar surface area (TPSA) is 55.7 Å². The van der Waals surface area contributed by atoms with E-state index in [1.807, 2.05) is 6.07 Å². The van der Waals surface area contributed by atoms with Gasteiger partial charge in [0.05, 0.1) is 11.4 Å². The molecule has 6 heteroatoms. The Morgan fingerprint density at radius 2 is 2.24 bits per heavy atom. The van der Waals surface area contributed by atoms with Crippen molar-refractivity contribution in [1.29, 1.82) is 0 Å². The van der Waals surface area contributed by atoms with Gasteiger partial charge in [-0.15, -0.1) is 0 Å². The van der Waals surface area contributed by atoms with Crippen molar-refractivity contribution in [3.05, 3.63) is 41.4 Å².